The minimum absolute atomic E-state index is 0.0475. The van der Waals surface area contributed by atoms with Crippen LogP contribution in [-0.2, 0) is 6.18 Å². The lowest BCUT2D eigenvalue weighted by Gasteiger charge is -2.31. The van der Waals surface area contributed by atoms with Crippen molar-refractivity contribution in [1.82, 2.24) is 4.90 Å². The Morgan fingerprint density at radius 2 is 2.14 bits per heavy atom. The summed E-state index contributed by atoms with van der Waals surface area (Å²) in [5.74, 6) is 0. The zero-order valence-corrected chi connectivity index (χ0v) is 11.5. The van der Waals surface area contributed by atoms with Gasteiger partial charge in [0.15, 0.2) is 0 Å². The molecule has 0 amide bonds. The van der Waals surface area contributed by atoms with Gasteiger partial charge in [0.05, 0.1) is 4.92 Å². The van der Waals surface area contributed by atoms with Gasteiger partial charge >= 0.3 is 6.18 Å². The minimum atomic E-state index is -4.75. The number of piperidine rings is 1. The number of halogens is 3. The Morgan fingerprint density at radius 1 is 1.43 bits per heavy atom. The van der Waals surface area contributed by atoms with E-state index in [-0.39, 0.29) is 11.7 Å². The van der Waals surface area contributed by atoms with Crippen LogP contribution in [0.2, 0.25) is 0 Å². The third-order valence-electron chi connectivity index (χ3n) is 3.49. The Morgan fingerprint density at radius 3 is 2.71 bits per heavy atom. The summed E-state index contributed by atoms with van der Waals surface area (Å²) in [7, 11) is 1.95. The number of nitro benzene ring substituents is 1. The first-order valence-corrected chi connectivity index (χ1v) is 6.58. The Kier molecular flexibility index (Phi) is 4.36. The molecular formula is C13H16F3N3O2. The van der Waals surface area contributed by atoms with E-state index >= 15 is 0 Å². The van der Waals surface area contributed by atoms with E-state index in [1.165, 1.54) is 6.07 Å². The smallest absolute Gasteiger partial charge is 0.381 e. The van der Waals surface area contributed by atoms with Gasteiger partial charge in [0, 0.05) is 24.3 Å². The van der Waals surface area contributed by atoms with E-state index in [0.29, 0.717) is 0 Å². The molecule has 116 valence electrons. The van der Waals surface area contributed by atoms with Gasteiger partial charge < -0.3 is 10.2 Å². The van der Waals surface area contributed by atoms with E-state index in [4.69, 9.17) is 0 Å². The Labute approximate surface area is 119 Å². The molecule has 21 heavy (non-hydrogen) atoms. The fraction of sp³-hybridized carbons (Fsp3) is 0.538. The fourth-order valence-electron chi connectivity index (χ4n) is 2.53. The van der Waals surface area contributed by atoms with Gasteiger partial charge in [-0.3, -0.25) is 10.1 Å². The molecule has 0 saturated carbocycles. The fourth-order valence-corrected chi connectivity index (χ4v) is 2.53. The van der Waals surface area contributed by atoms with Gasteiger partial charge in [0.2, 0.25) is 0 Å². The monoisotopic (exact) mass is 303 g/mol. The van der Waals surface area contributed by atoms with Crippen LogP contribution in [0.4, 0.5) is 24.5 Å². The zero-order valence-electron chi connectivity index (χ0n) is 11.5. The molecule has 8 heteroatoms. The van der Waals surface area contributed by atoms with Crippen molar-refractivity contribution in [2.75, 3.05) is 25.5 Å². The summed E-state index contributed by atoms with van der Waals surface area (Å²) in [6.45, 7) is 1.70. The minimum Gasteiger partial charge on any atom is -0.381 e. The third kappa shape index (κ3) is 3.84. The summed E-state index contributed by atoms with van der Waals surface area (Å²) < 4.78 is 38.7. The number of nitrogens with zero attached hydrogens (tertiary/aromatic N) is 2. The van der Waals surface area contributed by atoms with E-state index in [1.54, 1.807) is 0 Å². The van der Waals surface area contributed by atoms with Crippen molar-refractivity contribution in [2.24, 2.45) is 0 Å². The highest BCUT2D eigenvalue weighted by Crippen LogP contribution is 2.37. The highest BCUT2D eigenvalue weighted by atomic mass is 19.4. The van der Waals surface area contributed by atoms with Crippen molar-refractivity contribution in [3.05, 3.63) is 33.9 Å². The standard InChI is InChI=1S/C13H16F3N3O2/c1-18-6-2-3-10(8-18)17-9-4-5-12(19(20)21)11(7-9)13(14,15)16/h4-5,7,10,17H,2-3,6,8H2,1H3. The largest absolute Gasteiger partial charge is 0.423 e. The lowest BCUT2D eigenvalue weighted by Crippen LogP contribution is -2.39. The second-order valence-electron chi connectivity index (χ2n) is 5.23. The molecule has 1 saturated heterocycles. The number of rotatable bonds is 3. The number of likely N-dealkylation sites (N-methyl/N-ethyl adjacent to an activating group) is 1. The van der Waals surface area contributed by atoms with E-state index in [9.17, 15) is 23.3 Å². The number of nitro groups is 1. The first-order valence-electron chi connectivity index (χ1n) is 6.58. The average molecular weight is 303 g/mol. The van der Waals surface area contributed by atoms with Crippen molar-refractivity contribution in [3.8, 4) is 0 Å². The maximum Gasteiger partial charge on any atom is 0.423 e. The van der Waals surface area contributed by atoms with Gasteiger partial charge in [0.1, 0.15) is 5.56 Å². The van der Waals surface area contributed by atoms with Gasteiger partial charge in [-0.05, 0) is 38.6 Å². The van der Waals surface area contributed by atoms with Crippen molar-refractivity contribution < 1.29 is 18.1 Å². The van der Waals surface area contributed by atoms with Crippen molar-refractivity contribution in [3.63, 3.8) is 0 Å². The molecule has 1 unspecified atom stereocenters. The van der Waals surface area contributed by atoms with Crippen LogP contribution < -0.4 is 5.32 Å². The van der Waals surface area contributed by atoms with Crippen LogP contribution >= 0.6 is 0 Å². The summed E-state index contributed by atoms with van der Waals surface area (Å²) in [5, 5.41) is 13.7. The van der Waals surface area contributed by atoms with Gasteiger partial charge in [-0.15, -0.1) is 0 Å². The molecule has 0 spiro atoms. The summed E-state index contributed by atoms with van der Waals surface area (Å²) in [5.41, 5.74) is -1.89. The first-order chi connectivity index (χ1) is 9.77. The Hall–Kier alpha value is -1.83. The highest BCUT2D eigenvalue weighted by molar-refractivity contribution is 5.55. The van der Waals surface area contributed by atoms with Crippen LogP contribution in [0.1, 0.15) is 18.4 Å². The molecule has 1 heterocycles. The molecule has 0 radical (unpaired) electrons. The molecule has 1 atom stereocenters. The van der Waals surface area contributed by atoms with E-state index < -0.39 is 22.4 Å². The summed E-state index contributed by atoms with van der Waals surface area (Å²) in [4.78, 5) is 11.8. The molecule has 1 aliphatic rings. The average Bonchev–Trinajstić information content (AvgIpc) is 2.37. The van der Waals surface area contributed by atoms with E-state index in [1.807, 2.05) is 7.05 Å². The maximum absolute atomic E-state index is 12.9. The topological polar surface area (TPSA) is 58.4 Å². The highest BCUT2D eigenvalue weighted by Gasteiger charge is 2.38. The number of hydrogen-bond donors (Lipinski definition) is 1. The number of nitrogens with one attached hydrogen (secondary N) is 1. The van der Waals surface area contributed by atoms with Gasteiger partial charge in [-0.1, -0.05) is 0 Å². The quantitative estimate of drug-likeness (QED) is 0.688. The molecule has 1 fully saturated rings. The predicted octanol–water partition coefficient (Wildman–Crippen LogP) is 3.12. The number of hydrogen-bond acceptors (Lipinski definition) is 4. The molecule has 5 nitrogen and oxygen atoms in total. The van der Waals surface area contributed by atoms with Crippen molar-refractivity contribution >= 4 is 11.4 Å². The molecule has 0 aromatic heterocycles. The number of likely N-dealkylation sites (tertiary alicyclic amines) is 1. The van der Waals surface area contributed by atoms with E-state index in [2.05, 4.69) is 10.2 Å². The lowest BCUT2D eigenvalue weighted by molar-refractivity contribution is -0.388. The van der Waals surface area contributed by atoms with Crippen LogP contribution in [0.15, 0.2) is 18.2 Å². The van der Waals surface area contributed by atoms with Crippen LogP contribution in [0.25, 0.3) is 0 Å². The van der Waals surface area contributed by atoms with Crippen LogP contribution in [-0.4, -0.2) is 36.0 Å². The molecule has 1 aromatic carbocycles. The third-order valence-corrected chi connectivity index (χ3v) is 3.49. The Balaban J connectivity index is 2.23. The molecule has 1 aliphatic heterocycles. The lowest BCUT2D eigenvalue weighted by atomic mass is 10.1. The van der Waals surface area contributed by atoms with Crippen molar-refractivity contribution in [2.45, 2.75) is 25.1 Å². The molecule has 0 aliphatic carbocycles. The zero-order chi connectivity index (χ0) is 15.6. The molecule has 1 N–H and O–H groups in total. The molecule has 2 rings (SSSR count). The predicted molar refractivity (Wildman–Crippen MR) is 72.2 cm³/mol. The molecular weight excluding hydrogens is 287 g/mol. The van der Waals surface area contributed by atoms with Gasteiger partial charge in [-0.2, -0.15) is 13.2 Å². The number of alkyl halides is 3. The van der Waals surface area contributed by atoms with Crippen LogP contribution in [0.3, 0.4) is 0 Å². The summed E-state index contributed by atoms with van der Waals surface area (Å²) in [6.07, 6.45) is -2.92. The van der Waals surface area contributed by atoms with E-state index in [0.717, 1.165) is 38.1 Å². The summed E-state index contributed by atoms with van der Waals surface area (Å²) >= 11 is 0. The SMILES string of the molecule is CN1CCCC(Nc2ccc([N+](=O)[O-])c(C(F)(F)F)c2)C1. The second-order valence-corrected chi connectivity index (χ2v) is 5.23. The number of benzene rings is 1. The first kappa shape index (κ1) is 15.6. The second kappa shape index (κ2) is 5.88. The Bertz CT molecular complexity index is 534. The normalized spacial score (nSPS) is 20.3. The maximum atomic E-state index is 12.9. The molecule has 0 bridgehead atoms. The molecule has 1 aromatic rings. The van der Waals surface area contributed by atoms with Gasteiger partial charge in [0.25, 0.3) is 5.69 Å². The number of anilines is 1. The van der Waals surface area contributed by atoms with Crippen molar-refractivity contribution in [1.29, 1.82) is 0 Å². The van der Waals surface area contributed by atoms with Crippen LogP contribution in [0, 0.1) is 10.1 Å². The summed E-state index contributed by atoms with van der Waals surface area (Å²) in [6, 6.07) is 3.08. The van der Waals surface area contributed by atoms with Gasteiger partial charge in [-0.25, -0.2) is 0 Å². The van der Waals surface area contributed by atoms with Crippen LogP contribution in [0.5, 0.6) is 0 Å².